The quantitative estimate of drug-likeness (QED) is 0.0909. The Hall–Kier alpha value is -2.01. The van der Waals surface area contributed by atoms with Gasteiger partial charge in [-0.3, -0.25) is 9.59 Å². The Morgan fingerprint density at radius 3 is 2.44 bits per heavy atom. The van der Waals surface area contributed by atoms with Crippen LogP contribution in [0.4, 0.5) is 4.79 Å². The SMILES string of the molecule is COC1C(OC(=O)C[C@@H](COC(=O)NCCCCCCCC(=O)CN)C(C)C)CC[C@]2(CO2)C1C1(C)O[C@@H]1CC=C(C)C. The van der Waals surface area contributed by atoms with Crippen molar-refractivity contribution < 1.29 is 38.1 Å². The first kappa shape index (κ1) is 35.5. The van der Waals surface area contributed by atoms with Crippen LogP contribution in [0.3, 0.4) is 0 Å². The number of esters is 1. The first-order chi connectivity index (χ1) is 20.5. The molecule has 7 atom stereocenters. The molecule has 246 valence electrons. The fourth-order valence-electron chi connectivity index (χ4n) is 6.49. The number of hydrogen-bond donors (Lipinski definition) is 2. The van der Waals surface area contributed by atoms with E-state index in [4.69, 9.17) is 29.4 Å². The van der Waals surface area contributed by atoms with Gasteiger partial charge in [0.15, 0.2) is 0 Å². The van der Waals surface area contributed by atoms with Crippen LogP contribution in [0.15, 0.2) is 11.6 Å². The summed E-state index contributed by atoms with van der Waals surface area (Å²) < 4.78 is 29.8. The van der Waals surface area contributed by atoms with Crippen LogP contribution in [-0.4, -0.2) is 80.8 Å². The molecule has 4 unspecified atom stereocenters. The van der Waals surface area contributed by atoms with Crippen molar-refractivity contribution in [2.24, 2.45) is 23.5 Å². The van der Waals surface area contributed by atoms with Crippen LogP contribution in [0, 0.1) is 17.8 Å². The van der Waals surface area contributed by atoms with E-state index >= 15 is 0 Å². The Kier molecular flexibility index (Phi) is 13.5. The van der Waals surface area contributed by atoms with Crippen molar-refractivity contribution in [1.82, 2.24) is 5.32 Å². The minimum atomic E-state index is -0.475. The van der Waals surface area contributed by atoms with E-state index in [1.807, 2.05) is 13.8 Å². The lowest BCUT2D eigenvalue weighted by Crippen LogP contribution is -2.55. The van der Waals surface area contributed by atoms with E-state index in [1.165, 1.54) is 5.57 Å². The second-order valence-electron chi connectivity index (χ2n) is 13.4. The lowest BCUT2D eigenvalue weighted by atomic mass is 9.68. The number of epoxide rings is 2. The van der Waals surface area contributed by atoms with Gasteiger partial charge in [0.2, 0.25) is 0 Å². The highest BCUT2D eigenvalue weighted by Gasteiger charge is 2.72. The molecule has 1 amide bonds. The molecule has 0 radical (unpaired) electrons. The summed E-state index contributed by atoms with van der Waals surface area (Å²) in [4.78, 5) is 36.7. The number of rotatable bonds is 19. The minimum absolute atomic E-state index is 0.0274. The number of nitrogens with two attached hydrogens (primary N) is 1. The molecule has 0 aromatic carbocycles. The average molecular weight is 609 g/mol. The van der Waals surface area contributed by atoms with Crippen molar-refractivity contribution in [3.8, 4) is 0 Å². The molecule has 10 heteroatoms. The number of allylic oxidation sites excluding steroid dienone is 1. The molecule has 3 N–H and O–H groups in total. The van der Waals surface area contributed by atoms with Crippen LogP contribution < -0.4 is 11.1 Å². The third kappa shape index (κ3) is 10.3. The number of methoxy groups -OCH3 is 1. The number of unbranched alkanes of at least 4 members (excludes halogenated alkanes) is 4. The molecule has 43 heavy (non-hydrogen) atoms. The van der Waals surface area contributed by atoms with Gasteiger partial charge in [0.1, 0.15) is 29.2 Å². The fourth-order valence-corrected chi connectivity index (χ4v) is 6.49. The number of carbonyl (C=O) groups is 3. The molecule has 0 aromatic heterocycles. The summed E-state index contributed by atoms with van der Waals surface area (Å²) >= 11 is 0. The molecule has 1 spiro atoms. The van der Waals surface area contributed by atoms with Crippen LogP contribution in [0.25, 0.3) is 0 Å². The Bertz CT molecular complexity index is 961. The molecule has 0 aromatic rings. The maximum Gasteiger partial charge on any atom is 0.407 e. The molecule has 3 fully saturated rings. The number of ether oxygens (including phenoxy) is 5. The summed E-state index contributed by atoms with van der Waals surface area (Å²) in [6.07, 6.45) is 8.78. The second kappa shape index (κ2) is 16.3. The van der Waals surface area contributed by atoms with Gasteiger partial charge in [-0.1, -0.05) is 44.8 Å². The fraction of sp³-hybridized carbons (Fsp3) is 0.848. The standard InChI is InChI=1S/C33H56N2O8/c1-22(2)13-14-27-32(5,43-27)30-29(39-6)26(15-16-33(30)21-41-33)42-28(37)18-24(23(3)4)20-40-31(38)35-17-11-9-7-8-10-12-25(36)19-34/h13,23-24,26-27,29-30H,7-12,14-21,34H2,1-6H3,(H,35,38)/t24-,26?,27+,29?,30?,32?,33-/m0/s1. The van der Waals surface area contributed by atoms with Gasteiger partial charge >= 0.3 is 12.1 Å². The molecular weight excluding hydrogens is 552 g/mol. The van der Waals surface area contributed by atoms with Gasteiger partial charge in [-0.15, -0.1) is 0 Å². The Morgan fingerprint density at radius 1 is 1.12 bits per heavy atom. The van der Waals surface area contributed by atoms with E-state index in [0.717, 1.165) is 44.9 Å². The summed E-state index contributed by atoms with van der Waals surface area (Å²) in [5.74, 6) is -0.271. The minimum Gasteiger partial charge on any atom is -0.460 e. The zero-order chi connectivity index (χ0) is 31.6. The van der Waals surface area contributed by atoms with E-state index in [1.54, 1.807) is 7.11 Å². The highest BCUT2D eigenvalue weighted by molar-refractivity contribution is 5.80. The molecule has 3 aliphatic rings. The predicted molar refractivity (Wildman–Crippen MR) is 163 cm³/mol. The smallest absolute Gasteiger partial charge is 0.407 e. The van der Waals surface area contributed by atoms with Gasteiger partial charge in [0, 0.05) is 26.0 Å². The number of hydrogen-bond acceptors (Lipinski definition) is 9. The third-order valence-corrected chi connectivity index (χ3v) is 9.45. The summed E-state index contributed by atoms with van der Waals surface area (Å²) in [7, 11) is 1.67. The first-order valence-corrected chi connectivity index (χ1v) is 16.3. The van der Waals surface area contributed by atoms with Crippen molar-refractivity contribution in [1.29, 1.82) is 0 Å². The second-order valence-corrected chi connectivity index (χ2v) is 13.4. The van der Waals surface area contributed by atoms with Crippen LogP contribution in [-0.2, 0) is 33.3 Å². The van der Waals surface area contributed by atoms with Crippen LogP contribution in [0.2, 0.25) is 0 Å². The number of nitrogens with one attached hydrogen (secondary N) is 1. The van der Waals surface area contributed by atoms with Gasteiger partial charge in [0.25, 0.3) is 0 Å². The third-order valence-electron chi connectivity index (χ3n) is 9.45. The maximum absolute atomic E-state index is 13.2. The number of alkyl carbamates (subject to hydrolysis) is 1. The lowest BCUT2D eigenvalue weighted by molar-refractivity contribution is -0.173. The first-order valence-electron chi connectivity index (χ1n) is 16.3. The molecular formula is C33H56N2O8. The molecule has 1 saturated carbocycles. The zero-order valence-corrected chi connectivity index (χ0v) is 27.3. The molecule has 2 saturated heterocycles. The maximum atomic E-state index is 13.2. The van der Waals surface area contributed by atoms with Crippen molar-refractivity contribution in [3.63, 3.8) is 0 Å². The van der Waals surface area contributed by atoms with Crippen molar-refractivity contribution >= 4 is 17.8 Å². The van der Waals surface area contributed by atoms with E-state index in [2.05, 4.69) is 32.2 Å². The number of amides is 1. The number of carbonyl (C=O) groups excluding carboxylic acids is 3. The topological polar surface area (TPSA) is 142 Å². The number of Topliss-reactive ketones (excluding diaryl/α,β-unsaturated/α-hetero) is 1. The molecule has 0 bridgehead atoms. The van der Waals surface area contributed by atoms with E-state index in [9.17, 15) is 14.4 Å². The Morgan fingerprint density at radius 2 is 1.81 bits per heavy atom. The van der Waals surface area contributed by atoms with Crippen LogP contribution in [0.1, 0.15) is 98.8 Å². The summed E-state index contributed by atoms with van der Waals surface area (Å²) in [5.41, 5.74) is 5.92. The lowest BCUT2D eigenvalue weighted by Gasteiger charge is -2.42. The Labute approximate surface area is 258 Å². The number of ketones is 1. The molecule has 10 nitrogen and oxygen atoms in total. The predicted octanol–water partition coefficient (Wildman–Crippen LogP) is 4.86. The Balaban J connectivity index is 1.42. The largest absolute Gasteiger partial charge is 0.460 e. The van der Waals surface area contributed by atoms with Gasteiger partial charge in [-0.25, -0.2) is 4.79 Å². The summed E-state index contributed by atoms with van der Waals surface area (Å²) in [6.45, 7) is 11.8. The molecule has 1 aliphatic carbocycles. The van der Waals surface area contributed by atoms with Crippen LogP contribution in [0.5, 0.6) is 0 Å². The van der Waals surface area contributed by atoms with Crippen molar-refractivity contribution in [2.75, 3.05) is 33.4 Å². The molecule has 2 aliphatic heterocycles. The van der Waals surface area contributed by atoms with Crippen molar-refractivity contribution in [2.45, 2.75) is 128 Å². The molecule has 2 heterocycles. The monoisotopic (exact) mass is 608 g/mol. The molecule has 3 rings (SSSR count). The van der Waals surface area contributed by atoms with Gasteiger partial charge in [0.05, 0.1) is 38.2 Å². The van der Waals surface area contributed by atoms with Gasteiger partial charge in [-0.2, -0.15) is 0 Å². The van der Waals surface area contributed by atoms with Crippen molar-refractivity contribution in [3.05, 3.63) is 11.6 Å². The van der Waals surface area contributed by atoms with E-state index in [0.29, 0.717) is 26.0 Å². The average Bonchev–Trinajstić information content (AvgIpc) is 3.88. The zero-order valence-electron chi connectivity index (χ0n) is 27.3. The van der Waals surface area contributed by atoms with Crippen LogP contribution >= 0.6 is 0 Å². The van der Waals surface area contributed by atoms with Gasteiger partial charge in [-0.05, 0) is 58.8 Å². The highest BCUT2D eigenvalue weighted by atomic mass is 16.6. The van der Waals surface area contributed by atoms with E-state index < -0.39 is 6.09 Å². The van der Waals surface area contributed by atoms with Gasteiger partial charge < -0.3 is 34.7 Å². The summed E-state index contributed by atoms with van der Waals surface area (Å²) in [6, 6.07) is 0. The normalized spacial score (nSPS) is 30.0. The van der Waals surface area contributed by atoms with E-state index in [-0.39, 0.29) is 78.6 Å². The highest BCUT2D eigenvalue weighted by Crippen LogP contribution is 2.59. The summed E-state index contributed by atoms with van der Waals surface area (Å²) in [5, 5.41) is 2.79.